The third-order valence-corrected chi connectivity index (χ3v) is 3.30. The van der Waals surface area contributed by atoms with Gasteiger partial charge in [-0.05, 0) is 43.6 Å². The number of hydrogen-bond donors (Lipinski definition) is 0. The monoisotopic (exact) mass is 176 g/mol. The summed E-state index contributed by atoms with van der Waals surface area (Å²) in [6.07, 6.45) is 9.48. The molecular formula is C12H16O. The first-order chi connectivity index (χ1) is 6.31. The molecule has 0 heterocycles. The molecule has 0 saturated heterocycles. The van der Waals surface area contributed by atoms with Crippen molar-refractivity contribution in [1.82, 2.24) is 0 Å². The summed E-state index contributed by atoms with van der Waals surface area (Å²) in [4.78, 5) is 11.2. The van der Waals surface area contributed by atoms with Crippen LogP contribution >= 0.6 is 0 Å². The Labute approximate surface area is 79.5 Å². The standard InChI is InChI=1S/C12H16O/c1-2-3-4-9-5-6-10-7-11(13)8-12(9)10/h2,8-10H,1,3-7H2/t9-,10-/m1/s1. The molecule has 1 fully saturated rings. The SMILES string of the molecule is C=CCC[C@@H]1CC[C@@H]2CC(=O)C=C12. The van der Waals surface area contributed by atoms with Crippen molar-refractivity contribution < 1.29 is 4.79 Å². The van der Waals surface area contributed by atoms with Crippen LogP contribution in [0, 0.1) is 11.8 Å². The maximum Gasteiger partial charge on any atom is 0.156 e. The highest BCUT2D eigenvalue weighted by Crippen LogP contribution is 2.44. The van der Waals surface area contributed by atoms with Crippen molar-refractivity contribution in [1.29, 1.82) is 0 Å². The minimum Gasteiger partial charge on any atom is -0.295 e. The maximum absolute atomic E-state index is 11.2. The molecule has 0 spiro atoms. The first-order valence-corrected chi connectivity index (χ1v) is 5.16. The fourth-order valence-electron chi connectivity index (χ4n) is 2.64. The summed E-state index contributed by atoms with van der Waals surface area (Å²) >= 11 is 0. The Morgan fingerprint density at radius 1 is 1.54 bits per heavy atom. The van der Waals surface area contributed by atoms with Crippen LogP contribution in [0.4, 0.5) is 0 Å². The Hall–Kier alpha value is -0.850. The average molecular weight is 176 g/mol. The number of rotatable bonds is 3. The molecule has 1 heteroatoms. The van der Waals surface area contributed by atoms with Crippen LogP contribution in [0.1, 0.15) is 32.1 Å². The van der Waals surface area contributed by atoms with Gasteiger partial charge in [0.15, 0.2) is 5.78 Å². The maximum atomic E-state index is 11.2. The van der Waals surface area contributed by atoms with Crippen LogP contribution in [0.2, 0.25) is 0 Å². The lowest BCUT2D eigenvalue weighted by Gasteiger charge is -2.09. The first kappa shape index (κ1) is 8.74. The summed E-state index contributed by atoms with van der Waals surface area (Å²) < 4.78 is 0. The molecule has 0 unspecified atom stereocenters. The highest BCUT2D eigenvalue weighted by atomic mass is 16.1. The Bertz CT molecular complexity index is 262. The molecular weight excluding hydrogens is 160 g/mol. The van der Waals surface area contributed by atoms with Crippen LogP contribution in [-0.2, 0) is 4.79 Å². The van der Waals surface area contributed by atoms with Gasteiger partial charge in [-0.25, -0.2) is 0 Å². The van der Waals surface area contributed by atoms with Gasteiger partial charge in [-0.3, -0.25) is 4.79 Å². The summed E-state index contributed by atoms with van der Waals surface area (Å²) in [6, 6.07) is 0. The molecule has 0 aliphatic heterocycles. The van der Waals surface area contributed by atoms with Crippen molar-refractivity contribution in [3.8, 4) is 0 Å². The van der Waals surface area contributed by atoms with Crippen molar-refractivity contribution in [2.45, 2.75) is 32.1 Å². The van der Waals surface area contributed by atoms with Crippen molar-refractivity contribution in [2.24, 2.45) is 11.8 Å². The zero-order valence-corrected chi connectivity index (χ0v) is 7.96. The normalized spacial score (nSPS) is 31.7. The van der Waals surface area contributed by atoms with Gasteiger partial charge in [0, 0.05) is 6.42 Å². The first-order valence-electron chi connectivity index (χ1n) is 5.16. The Kier molecular flexibility index (Phi) is 2.34. The second-order valence-electron chi connectivity index (χ2n) is 4.15. The minimum absolute atomic E-state index is 0.350. The van der Waals surface area contributed by atoms with Gasteiger partial charge in [-0.2, -0.15) is 0 Å². The van der Waals surface area contributed by atoms with E-state index in [1.165, 1.54) is 24.8 Å². The minimum atomic E-state index is 0.350. The lowest BCUT2D eigenvalue weighted by Crippen LogP contribution is -1.97. The number of hydrogen-bond acceptors (Lipinski definition) is 1. The molecule has 2 rings (SSSR count). The molecule has 13 heavy (non-hydrogen) atoms. The molecule has 0 N–H and O–H groups in total. The fourth-order valence-corrected chi connectivity index (χ4v) is 2.64. The van der Waals surface area contributed by atoms with E-state index in [-0.39, 0.29) is 0 Å². The molecule has 2 atom stereocenters. The predicted octanol–water partition coefficient (Wildman–Crippen LogP) is 2.88. The Morgan fingerprint density at radius 3 is 3.15 bits per heavy atom. The zero-order valence-electron chi connectivity index (χ0n) is 7.96. The molecule has 1 saturated carbocycles. The van der Waals surface area contributed by atoms with E-state index in [1.807, 2.05) is 12.2 Å². The van der Waals surface area contributed by atoms with E-state index in [4.69, 9.17) is 0 Å². The molecule has 2 aliphatic carbocycles. The molecule has 2 aliphatic rings. The van der Waals surface area contributed by atoms with Crippen LogP contribution in [0.3, 0.4) is 0 Å². The Balaban J connectivity index is 2.02. The van der Waals surface area contributed by atoms with E-state index in [2.05, 4.69) is 6.58 Å². The lowest BCUT2D eigenvalue weighted by molar-refractivity contribution is -0.114. The predicted molar refractivity (Wildman–Crippen MR) is 53.4 cm³/mol. The fraction of sp³-hybridized carbons (Fsp3) is 0.583. The van der Waals surface area contributed by atoms with Gasteiger partial charge in [-0.15, -0.1) is 6.58 Å². The van der Waals surface area contributed by atoms with Crippen LogP contribution in [-0.4, -0.2) is 5.78 Å². The summed E-state index contributed by atoms with van der Waals surface area (Å²) in [5.74, 6) is 1.65. The highest BCUT2D eigenvalue weighted by Gasteiger charge is 2.34. The van der Waals surface area contributed by atoms with Gasteiger partial charge in [0.25, 0.3) is 0 Å². The summed E-state index contributed by atoms with van der Waals surface area (Å²) in [5.41, 5.74) is 1.45. The number of carbonyl (C=O) groups excluding carboxylic acids is 1. The largest absolute Gasteiger partial charge is 0.295 e. The quantitative estimate of drug-likeness (QED) is 0.604. The topological polar surface area (TPSA) is 17.1 Å². The van der Waals surface area contributed by atoms with Crippen LogP contribution in [0.15, 0.2) is 24.3 Å². The van der Waals surface area contributed by atoms with E-state index in [9.17, 15) is 4.79 Å². The second kappa shape index (κ2) is 3.49. The van der Waals surface area contributed by atoms with Crippen molar-refractivity contribution in [2.75, 3.05) is 0 Å². The van der Waals surface area contributed by atoms with Crippen molar-refractivity contribution in [3.05, 3.63) is 24.3 Å². The zero-order chi connectivity index (χ0) is 9.26. The van der Waals surface area contributed by atoms with Gasteiger partial charge in [-0.1, -0.05) is 11.6 Å². The van der Waals surface area contributed by atoms with Gasteiger partial charge in [0.2, 0.25) is 0 Å². The van der Waals surface area contributed by atoms with E-state index < -0.39 is 0 Å². The third kappa shape index (κ3) is 1.60. The number of allylic oxidation sites excluding steroid dienone is 3. The highest BCUT2D eigenvalue weighted by molar-refractivity contribution is 5.93. The average Bonchev–Trinajstić information content (AvgIpc) is 2.61. The van der Waals surface area contributed by atoms with Crippen molar-refractivity contribution >= 4 is 5.78 Å². The van der Waals surface area contributed by atoms with Gasteiger partial charge < -0.3 is 0 Å². The Morgan fingerprint density at radius 2 is 2.38 bits per heavy atom. The molecule has 0 aromatic carbocycles. The summed E-state index contributed by atoms with van der Waals surface area (Å²) in [7, 11) is 0. The molecule has 0 aromatic rings. The number of ketones is 1. The van der Waals surface area contributed by atoms with Crippen LogP contribution in [0.5, 0.6) is 0 Å². The van der Waals surface area contributed by atoms with Crippen LogP contribution < -0.4 is 0 Å². The van der Waals surface area contributed by atoms with E-state index in [1.54, 1.807) is 0 Å². The molecule has 0 amide bonds. The molecule has 70 valence electrons. The smallest absolute Gasteiger partial charge is 0.156 e. The number of carbonyl (C=O) groups is 1. The molecule has 1 nitrogen and oxygen atoms in total. The van der Waals surface area contributed by atoms with E-state index in [0.29, 0.717) is 17.6 Å². The van der Waals surface area contributed by atoms with Crippen molar-refractivity contribution in [3.63, 3.8) is 0 Å². The third-order valence-electron chi connectivity index (χ3n) is 3.30. The van der Waals surface area contributed by atoms with Crippen LogP contribution in [0.25, 0.3) is 0 Å². The number of fused-ring (bicyclic) bond motifs is 1. The summed E-state index contributed by atoms with van der Waals surface area (Å²) in [6.45, 7) is 3.74. The molecule has 0 radical (unpaired) electrons. The van der Waals surface area contributed by atoms with Gasteiger partial charge >= 0.3 is 0 Å². The van der Waals surface area contributed by atoms with Gasteiger partial charge in [0.1, 0.15) is 0 Å². The second-order valence-corrected chi connectivity index (χ2v) is 4.15. The lowest BCUT2D eigenvalue weighted by atomic mass is 9.95. The molecule has 0 bridgehead atoms. The van der Waals surface area contributed by atoms with E-state index in [0.717, 1.165) is 12.8 Å². The van der Waals surface area contributed by atoms with E-state index >= 15 is 0 Å². The van der Waals surface area contributed by atoms with Gasteiger partial charge in [0.05, 0.1) is 0 Å². The molecule has 0 aromatic heterocycles. The summed E-state index contributed by atoms with van der Waals surface area (Å²) in [5, 5.41) is 0.